The molecule has 0 aliphatic heterocycles. The predicted molar refractivity (Wildman–Crippen MR) is 116 cm³/mol. The van der Waals surface area contributed by atoms with Crippen molar-refractivity contribution >= 4 is 23.3 Å². The number of aromatic nitrogens is 2. The van der Waals surface area contributed by atoms with Gasteiger partial charge in [0.15, 0.2) is 0 Å². The molecule has 0 aliphatic carbocycles. The maximum absolute atomic E-state index is 13.8. The molecular weight excluding hydrogens is 397 g/mol. The van der Waals surface area contributed by atoms with E-state index in [0.717, 1.165) is 22.9 Å². The fraction of sp³-hybridized carbons (Fsp3) is 0.217. The van der Waals surface area contributed by atoms with Crippen LogP contribution in [-0.4, -0.2) is 21.6 Å². The highest BCUT2D eigenvalue weighted by Crippen LogP contribution is 2.26. The van der Waals surface area contributed by atoms with Crippen LogP contribution in [0.2, 0.25) is 0 Å². The fourth-order valence-electron chi connectivity index (χ4n) is 2.90. The van der Waals surface area contributed by atoms with Crippen molar-refractivity contribution in [2.45, 2.75) is 20.8 Å². The Morgan fingerprint density at radius 2 is 1.87 bits per heavy atom. The predicted octanol–water partition coefficient (Wildman–Crippen LogP) is 4.25. The van der Waals surface area contributed by atoms with E-state index in [9.17, 15) is 14.0 Å². The summed E-state index contributed by atoms with van der Waals surface area (Å²) in [5, 5.41) is 18.8. The normalized spacial score (nSPS) is 10.6. The smallest absolute Gasteiger partial charge is 0.256 e. The van der Waals surface area contributed by atoms with Gasteiger partial charge in [-0.2, -0.15) is 10.4 Å². The summed E-state index contributed by atoms with van der Waals surface area (Å²) in [6.45, 7) is 5.55. The van der Waals surface area contributed by atoms with Gasteiger partial charge in [-0.05, 0) is 42.8 Å². The number of nitrogens with one attached hydrogen (secondary N) is 2. The van der Waals surface area contributed by atoms with E-state index < -0.39 is 11.7 Å². The quantitative estimate of drug-likeness (QED) is 0.646. The van der Waals surface area contributed by atoms with Crippen LogP contribution in [0.3, 0.4) is 0 Å². The van der Waals surface area contributed by atoms with Gasteiger partial charge in [-0.3, -0.25) is 14.3 Å². The molecule has 31 heavy (non-hydrogen) atoms. The van der Waals surface area contributed by atoms with Gasteiger partial charge in [0, 0.05) is 35.8 Å². The maximum atomic E-state index is 13.8. The van der Waals surface area contributed by atoms with Crippen molar-refractivity contribution in [3.63, 3.8) is 0 Å². The van der Waals surface area contributed by atoms with Crippen LogP contribution >= 0.6 is 0 Å². The van der Waals surface area contributed by atoms with Crippen LogP contribution in [0.25, 0.3) is 11.3 Å². The topological polar surface area (TPSA) is 99.8 Å². The van der Waals surface area contributed by atoms with Crippen LogP contribution in [0, 0.1) is 30.0 Å². The molecule has 0 bridgehead atoms. The standard InChI is InChI=1S/C23H22FN5O2/c1-13(2)22(30)26-19-8-7-15(9-14(19)3)20-11-21(29(4)28-20)27-23(31)16-5-6-17(12-25)18(24)10-16/h5-11,13H,1-4H3,(H,26,30)(H,27,31). The van der Waals surface area contributed by atoms with Crippen molar-refractivity contribution in [2.75, 3.05) is 10.6 Å². The molecule has 7 nitrogen and oxygen atoms in total. The molecule has 2 aromatic carbocycles. The number of nitrogens with zero attached hydrogens (tertiary/aromatic N) is 3. The molecule has 0 atom stereocenters. The van der Waals surface area contributed by atoms with Gasteiger partial charge >= 0.3 is 0 Å². The van der Waals surface area contributed by atoms with E-state index in [1.54, 1.807) is 19.2 Å². The zero-order valence-corrected chi connectivity index (χ0v) is 17.7. The number of halogens is 1. The molecule has 0 fully saturated rings. The van der Waals surface area contributed by atoms with Crippen molar-refractivity contribution in [1.29, 1.82) is 5.26 Å². The van der Waals surface area contributed by atoms with Gasteiger partial charge in [-0.1, -0.05) is 19.9 Å². The van der Waals surface area contributed by atoms with Crippen LogP contribution < -0.4 is 10.6 Å². The van der Waals surface area contributed by atoms with Crippen LogP contribution in [-0.2, 0) is 11.8 Å². The monoisotopic (exact) mass is 419 g/mol. The first-order valence-electron chi connectivity index (χ1n) is 9.66. The SMILES string of the molecule is Cc1cc(-c2cc(NC(=O)c3ccc(C#N)c(F)c3)n(C)n2)ccc1NC(=O)C(C)C. The molecule has 3 aromatic rings. The lowest BCUT2D eigenvalue weighted by Crippen LogP contribution is -2.18. The summed E-state index contributed by atoms with van der Waals surface area (Å²) in [6.07, 6.45) is 0. The van der Waals surface area contributed by atoms with E-state index >= 15 is 0 Å². The number of anilines is 2. The number of nitriles is 1. The van der Waals surface area contributed by atoms with E-state index in [1.165, 1.54) is 16.8 Å². The van der Waals surface area contributed by atoms with E-state index in [2.05, 4.69) is 15.7 Å². The Morgan fingerprint density at radius 1 is 1.13 bits per heavy atom. The Balaban J connectivity index is 1.80. The lowest BCUT2D eigenvalue weighted by molar-refractivity contribution is -0.118. The number of benzene rings is 2. The van der Waals surface area contributed by atoms with Crippen LogP contribution in [0.4, 0.5) is 15.9 Å². The first-order valence-corrected chi connectivity index (χ1v) is 9.66. The number of aryl methyl sites for hydroxylation is 2. The third-order valence-corrected chi connectivity index (χ3v) is 4.78. The average molecular weight is 419 g/mol. The summed E-state index contributed by atoms with van der Waals surface area (Å²) in [5.74, 6) is -1.01. The Kier molecular flexibility index (Phi) is 6.16. The van der Waals surface area contributed by atoms with Crippen molar-refractivity contribution in [3.8, 4) is 17.3 Å². The highest BCUT2D eigenvalue weighted by atomic mass is 19.1. The van der Waals surface area contributed by atoms with E-state index in [1.807, 2.05) is 39.0 Å². The summed E-state index contributed by atoms with van der Waals surface area (Å²) >= 11 is 0. The molecule has 1 heterocycles. The van der Waals surface area contributed by atoms with E-state index in [0.29, 0.717) is 11.5 Å². The van der Waals surface area contributed by atoms with E-state index in [4.69, 9.17) is 5.26 Å². The Bertz CT molecular complexity index is 1210. The second-order valence-corrected chi connectivity index (χ2v) is 7.47. The van der Waals surface area contributed by atoms with Gasteiger partial charge in [0.1, 0.15) is 17.7 Å². The molecule has 2 N–H and O–H groups in total. The van der Waals surface area contributed by atoms with E-state index in [-0.39, 0.29) is 23.0 Å². The maximum Gasteiger partial charge on any atom is 0.256 e. The molecule has 0 saturated heterocycles. The van der Waals surface area contributed by atoms with Crippen LogP contribution in [0.5, 0.6) is 0 Å². The average Bonchev–Trinajstić information content (AvgIpc) is 3.09. The second-order valence-electron chi connectivity index (χ2n) is 7.47. The summed E-state index contributed by atoms with van der Waals surface area (Å²) in [5.41, 5.74) is 3.04. The second kappa shape index (κ2) is 8.79. The van der Waals surface area contributed by atoms with Crippen LogP contribution in [0.1, 0.15) is 35.3 Å². The Hall–Kier alpha value is -3.99. The summed E-state index contributed by atoms with van der Waals surface area (Å²) in [7, 11) is 1.68. The molecule has 0 saturated carbocycles. The van der Waals surface area contributed by atoms with Gasteiger partial charge in [0.25, 0.3) is 5.91 Å². The van der Waals surface area contributed by atoms with Gasteiger partial charge in [0.2, 0.25) is 5.91 Å². The Morgan fingerprint density at radius 3 is 2.48 bits per heavy atom. The molecule has 1 aromatic heterocycles. The van der Waals surface area contributed by atoms with Crippen LogP contribution in [0.15, 0.2) is 42.5 Å². The molecule has 0 radical (unpaired) electrons. The van der Waals surface area contributed by atoms with Gasteiger partial charge in [-0.25, -0.2) is 4.39 Å². The first-order chi connectivity index (χ1) is 14.7. The van der Waals surface area contributed by atoms with Crippen molar-refractivity contribution in [1.82, 2.24) is 9.78 Å². The number of amides is 2. The Labute approximate surface area is 179 Å². The minimum absolute atomic E-state index is 0.0575. The van der Waals surface area contributed by atoms with Crippen molar-refractivity contribution in [2.24, 2.45) is 13.0 Å². The van der Waals surface area contributed by atoms with Crippen molar-refractivity contribution in [3.05, 3.63) is 65.0 Å². The number of hydrogen-bond donors (Lipinski definition) is 2. The lowest BCUT2D eigenvalue weighted by atomic mass is 10.1. The molecule has 3 rings (SSSR count). The highest BCUT2D eigenvalue weighted by molar-refractivity contribution is 6.04. The third kappa shape index (κ3) is 4.78. The largest absolute Gasteiger partial charge is 0.326 e. The minimum atomic E-state index is -0.749. The molecule has 158 valence electrons. The number of hydrogen-bond acceptors (Lipinski definition) is 4. The fourth-order valence-corrected chi connectivity index (χ4v) is 2.90. The first kappa shape index (κ1) is 21.7. The number of carbonyl (C=O) groups is 2. The van der Waals surface area contributed by atoms with Gasteiger partial charge in [0.05, 0.1) is 11.3 Å². The van der Waals surface area contributed by atoms with Gasteiger partial charge < -0.3 is 10.6 Å². The molecule has 0 unspecified atom stereocenters. The zero-order valence-electron chi connectivity index (χ0n) is 17.7. The molecule has 8 heteroatoms. The summed E-state index contributed by atoms with van der Waals surface area (Å²) < 4.78 is 15.3. The zero-order chi connectivity index (χ0) is 22.7. The minimum Gasteiger partial charge on any atom is -0.326 e. The van der Waals surface area contributed by atoms with Gasteiger partial charge in [-0.15, -0.1) is 0 Å². The highest BCUT2D eigenvalue weighted by Gasteiger charge is 2.15. The summed E-state index contributed by atoms with van der Waals surface area (Å²) in [6, 6.07) is 12.7. The molecule has 2 amide bonds. The number of carbonyl (C=O) groups excluding carboxylic acids is 2. The van der Waals surface area contributed by atoms with Crippen molar-refractivity contribution < 1.29 is 14.0 Å². The molecular formula is C23H22FN5O2. The third-order valence-electron chi connectivity index (χ3n) is 4.78. The number of rotatable bonds is 5. The lowest BCUT2D eigenvalue weighted by Gasteiger charge is -2.11. The molecule has 0 aliphatic rings. The summed E-state index contributed by atoms with van der Waals surface area (Å²) in [4.78, 5) is 24.4. The molecule has 0 spiro atoms.